The average molecular weight is 419 g/mol. The molecule has 3 rings (SSSR count). The normalized spacial score (nSPS) is 11.2. The van der Waals surface area contributed by atoms with Crippen LogP contribution in [0, 0.1) is 0 Å². The van der Waals surface area contributed by atoms with Crippen molar-refractivity contribution in [2.45, 2.75) is 26.8 Å². The number of amides is 1. The monoisotopic (exact) mass is 419 g/mol. The van der Waals surface area contributed by atoms with Crippen molar-refractivity contribution < 1.29 is 14.6 Å². The van der Waals surface area contributed by atoms with Gasteiger partial charge in [0, 0.05) is 23.7 Å². The molecule has 0 aliphatic heterocycles. The molecule has 2 N–H and O–H groups in total. The largest absolute Gasteiger partial charge is 0.512 e. The van der Waals surface area contributed by atoms with E-state index in [0.717, 1.165) is 16.7 Å². The highest BCUT2D eigenvalue weighted by molar-refractivity contribution is 5.84. The number of rotatable bonds is 7. The van der Waals surface area contributed by atoms with E-state index in [1.807, 2.05) is 30.3 Å². The molecule has 0 unspecified atom stereocenters. The number of hydrogen-bond donors (Lipinski definition) is 2. The van der Waals surface area contributed by atoms with E-state index >= 15 is 0 Å². The van der Waals surface area contributed by atoms with Crippen LogP contribution in [0.1, 0.15) is 25.0 Å². The maximum atomic E-state index is 12.4. The topological polar surface area (TPSA) is 93.5 Å². The lowest BCUT2D eigenvalue weighted by molar-refractivity contribution is 0.168. The first-order valence-corrected chi connectivity index (χ1v) is 10.0. The van der Waals surface area contributed by atoms with E-state index in [-0.39, 0.29) is 18.7 Å². The number of nitrogens with zero attached hydrogens (tertiary/aromatic N) is 2. The highest BCUT2D eigenvalue weighted by Gasteiger charge is 2.08. The number of hydrogen-bond acceptors (Lipinski definition) is 5. The van der Waals surface area contributed by atoms with Crippen molar-refractivity contribution >= 4 is 11.8 Å². The number of allylic oxidation sites excluding steroid dienone is 2. The van der Waals surface area contributed by atoms with Crippen LogP contribution in [-0.2, 0) is 17.7 Å². The number of ether oxygens (including phenoxy) is 1. The molecule has 1 aromatic heterocycles. The number of anilines is 1. The summed E-state index contributed by atoms with van der Waals surface area (Å²) in [4.78, 5) is 24.0. The molecule has 0 aliphatic carbocycles. The third kappa shape index (κ3) is 6.05. The van der Waals surface area contributed by atoms with E-state index in [9.17, 15) is 14.7 Å². The van der Waals surface area contributed by atoms with Crippen LogP contribution < -0.4 is 10.9 Å². The first-order chi connectivity index (χ1) is 15.0. The molecule has 3 aromatic rings. The third-order valence-corrected chi connectivity index (χ3v) is 4.59. The Morgan fingerprint density at radius 3 is 2.68 bits per heavy atom. The molecule has 0 spiro atoms. The predicted octanol–water partition coefficient (Wildman–Crippen LogP) is 4.53. The van der Waals surface area contributed by atoms with Gasteiger partial charge in [-0.1, -0.05) is 30.3 Å². The number of carbonyl (C=O) groups excluding carboxylic acids is 1. The van der Waals surface area contributed by atoms with Gasteiger partial charge in [0.1, 0.15) is 0 Å². The molecule has 160 valence electrons. The Morgan fingerprint density at radius 2 is 1.90 bits per heavy atom. The molecule has 0 aliphatic rings. The average Bonchev–Trinajstić information content (AvgIpc) is 2.76. The highest BCUT2D eigenvalue weighted by Crippen LogP contribution is 2.19. The lowest BCUT2D eigenvalue weighted by atomic mass is 10.0. The number of aliphatic hydroxyl groups is 1. The van der Waals surface area contributed by atoms with Crippen molar-refractivity contribution in [1.82, 2.24) is 9.78 Å². The van der Waals surface area contributed by atoms with Gasteiger partial charge >= 0.3 is 6.09 Å². The smallest absolute Gasteiger partial charge is 0.411 e. The molecule has 1 amide bonds. The van der Waals surface area contributed by atoms with Crippen molar-refractivity contribution in [3.05, 3.63) is 94.0 Å². The molecule has 1 heterocycles. The zero-order chi connectivity index (χ0) is 22.2. The Labute approximate surface area is 180 Å². The molecule has 0 saturated carbocycles. The molecular weight excluding hydrogens is 394 g/mol. The van der Waals surface area contributed by atoms with Gasteiger partial charge < -0.3 is 9.84 Å². The minimum atomic E-state index is -0.527. The Morgan fingerprint density at radius 1 is 1.13 bits per heavy atom. The van der Waals surface area contributed by atoms with Gasteiger partial charge in [-0.2, -0.15) is 5.10 Å². The quantitative estimate of drug-likeness (QED) is 0.549. The molecule has 2 aromatic carbocycles. The van der Waals surface area contributed by atoms with E-state index in [4.69, 9.17) is 4.74 Å². The Balaban J connectivity index is 1.83. The second kappa shape index (κ2) is 10.2. The highest BCUT2D eigenvalue weighted by atomic mass is 16.5. The summed E-state index contributed by atoms with van der Waals surface area (Å²) in [5, 5.41) is 17.0. The zero-order valence-corrected chi connectivity index (χ0v) is 17.5. The SMILES string of the molecule is C/C=C(/O)Cc1cccc(-c2ccc(=O)n(Cc3cccc(NC(=O)OCC)c3)n2)c1. The Hall–Kier alpha value is -3.87. The van der Waals surface area contributed by atoms with Crippen molar-refractivity contribution in [2.75, 3.05) is 11.9 Å². The van der Waals surface area contributed by atoms with Crippen LogP contribution >= 0.6 is 0 Å². The third-order valence-electron chi connectivity index (χ3n) is 4.59. The maximum absolute atomic E-state index is 12.4. The van der Waals surface area contributed by atoms with Gasteiger partial charge in [-0.25, -0.2) is 9.48 Å². The number of benzene rings is 2. The van der Waals surface area contributed by atoms with Crippen molar-refractivity contribution in [2.24, 2.45) is 0 Å². The number of aliphatic hydroxyl groups excluding tert-OH is 1. The van der Waals surface area contributed by atoms with E-state index < -0.39 is 6.09 Å². The summed E-state index contributed by atoms with van der Waals surface area (Å²) in [5.74, 6) is 0.298. The predicted molar refractivity (Wildman–Crippen MR) is 120 cm³/mol. The molecule has 0 radical (unpaired) electrons. The van der Waals surface area contributed by atoms with E-state index in [1.165, 1.54) is 10.7 Å². The lowest BCUT2D eigenvalue weighted by Gasteiger charge is -2.10. The molecule has 7 nitrogen and oxygen atoms in total. The second-order valence-corrected chi connectivity index (χ2v) is 6.92. The van der Waals surface area contributed by atoms with E-state index in [2.05, 4.69) is 10.4 Å². The van der Waals surface area contributed by atoms with E-state index in [1.54, 1.807) is 44.2 Å². The Bertz CT molecular complexity index is 1150. The maximum Gasteiger partial charge on any atom is 0.411 e. The number of nitrogens with one attached hydrogen (secondary N) is 1. The summed E-state index contributed by atoms with van der Waals surface area (Å²) in [6.07, 6.45) is 1.57. The summed E-state index contributed by atoms with van der Waals surface area (Å²) < 4.78 is 6.28. The second-order valence-electron chi connectivity index (χ2n) is 6.92. The molecule has 0 bridgehead atoms. The van der Waals surface area contributed by atoms with Crippen molar-refractivity contribution in [3.8, 4) is 11.3 Å². The first-order valence-electron chi connectivity index (χ1n) is 10.0. The van der Waals surface area contributed by atoms with E-state index in [0.29, 0.717) is 23.6 Å². The van der Waals surface area contributed by atoms with Gasteiger partial charge in [-0.05, 0) is 55.3 Å². The van der Waals surface area contributed by atoms with Crippen LogP contribution in [-0.4, -0.2) is 27.6 Å². The lowest BCUT2D eigenvalue weighted by Crippen LogP contribution is -2.23. The Kier molecular flexibility index (Phi) is 7.22. The fourth-order valence-corrected chi connectivity index (χ4v) is 3.07. The van der Waals surface area contributed by atoms with Gasteiger partial charge in [0.05, 0.1) is 24.6 Å². The summed E-state index contributed by atoms with van der Waals surface area (Å²) in [7, 11) is 0. The van der Waals surface area contributed by atoms with Crippen LogP contribution in [0.3, 0.4) is 0 Å². The van der Waals surface area contributed by atoms with Crippen molar-refractivity contribution in [1.29, 1.82) is 0 Å². The summed E-state index contributed by atoms with van der Waals surface area (Å²) >= 11 is 0. The fourth-order valence-electron chi connectivity index (χ4n) is 3.07. The van der Waals surface area contributed by atoms with Crippen LogP contribution in [0.25, 0.3) is 11.3 Å². The van der Waals surface area contributed by atoms with Gasteiger partial charge in [0.25, 0.3) is 5.56 Å². The molecule has 31 heavy (non-hydrogen) atoms. The molecule has 7 heteroatoms. The van der Waals surface area contributed by atoms with Crippen molar-refractivity contribution in [3.63, 3.8) is 0 Å². The standard InChI is InChI=1S/C24H25N3O4/c1-3-21(28)15-17-7-5-9-19(13-17)22-11-12-23(29)27(26-22)16-18-8-6-10-20(14-18)25-24(30)31-4-2/h3,5-14,28H,4,15-16H2,1-2H3,(H,25,30)/b21-3+. The van der Waals surface area contributed by atoms with Crippen LogP contribution in [0.2, 0.25) is 0 Å². The summed E-state index contributed by atoms with van der Waals surface area (Å²) in [6.45, 7) is 4.06. The van der Waals surface area contributed by atoms with Gasteiger partial charge in [-0.3, -0.25) is 10.1 Å². The molecule has 0 saturated heterocycles. The number of aromatic nitrogens is 2. The fraction of sp³-hybridized carbons (Fsp3) is 0.208. The van der Waals surface area contributed by atoms with Crippen LogP contribution in [0.15, 0.2) is 77.3 Å². The summed E-state index contributed by atoms with van der Waals surface area (Å²) in [6, 6.07) is 18.0. The van der Waals surface area contributed by atoms with Gasteiger partial charge in [0.2, 0.25) is 0 Å². The molecule has 0 fully saturated rings. The van der Waals surface area contributed by atoms with Crippen LogP contribution in [0.5, 0.6) is 0 Å². The van der Waals surface area contributed by atoms with Gasteiger partial charge in [-0.15, -0.1) is 0 Å². The summed E-state index contributed by atoms with van der Waals surface area (Å²) in [5.41, 5.74) is 3.63. The van der Waals surface area contributed by atoms with Crippen LogP contribution in [0.4, 0.5) is 10.5 Å². The minimum Gasteiger partial charge on any atom is -0.512 e. The number of carbonyl (C=O) groups is 1. The first kappa shape index (κ1) is 21.8. The molecular formula is C24H25N3O4. The molecule has 0 atom stereocenters. The van der Waals surface area contributed by atoms with Gasteiger partial charge in [0.15, 0.2) is 0 Å². The minimum absolute atomic E-state index is 0.227. The zero-order valence-electron chi connectivity index (χ0n) is 17.5.